The van der Waals surface area contributed by atoms with Gasteiger partial charge in [0, 0.05) is 6.20 Å². The summed E-state index contributed by atoms with van der Waals surface area (Å²) >= 11 is 0. The highest BCUT2D eigenvalue weighted by atomic mass is 32.2. The third-order valence-corrected chi connectivity index (χ3v) is 4.74. The number of nitrogens with one attached hydrogen (secondary N) is 1. The lowest BCUT2D eigenvalue weighted by molar-refractivity contribution is 0.338. The van der Waals surface area contributed by atoms with Crippen molar-refractivity contribution in [3.63, 3.8) is 0 Å². The van der Waals surface area contributed by atoms with E-state index in [-0.39, 0.29) is 4.90 Å². The third-order valence-electron chi connectivity index (χ3n) is 3.24. The van der Waals surface area contributed by atoms with Crippen LogP contribution in [0.1, 0.15) is 32.1 Å². The summed E-state index contributed by atoms with van der Waals surface area (Å²) in [5, 5.41) is 9.24. The molecule has 1 aliphatic carbocycles. The maximum absolute atomic E-state index is 13.0. The van der Waals surface area contributed by atoms with Gasteiger partial charge in [-0.05, 0) is 18.9 Å². The molecule has 19 heavy (non-hydrogen) atoms. The van der Waals surface area contributed by atoms with Crippen molar-refractivity contribution in [1.82, 2.24) is 9.71 Å². The molecule has 1 N–H and O–H groups in total. The zero-order valence-electron chi connectivity index (χ0n) is 10.3. The Morgan fingerprint density at radius 3 is 2.58 bits per heavy atom. The maximum atomic E-state index is 13.0. The van der Waals surface area contributed by atoms with Gasteiger partial charge >= 0.3 is 0 Å². The summed E-state index contributed by atoms with van der Waals surface area (Å²) in [6, 6.07) is 2.95. The Morgan fingerprint density at radius 2 is 2.00 bits per heavy atom. The Labute approximate surface area is 111 Å². The molecule has 0 aromatic carbocycles. The highest BCUT2D eigenvalue weighted by Crippen LogP contribution is 2.29. The minimum absolute atomic E-state index is 0.257. The molecule has 0 spiro atoms. The monoisotopic (exact) mass is 283 g/mol. The molecule has 1 aromatic heterocycles. The quantitative estimate of drug-likeness (QED) is 0.915. The average Bonchev–Trinajstić information content (AvgIpc) is 2.39. The lowest BCUT2D eigenvalue weighted by atomic mass is 9.84. The van der Waals surface area contributed by atoms with Crippen LogP contribution >= 0.6 is 0 Å². The van der Waals surface area contributed by atoms with E-state index < -0.39 is 21.4 Å². The fourth-order valence-electron chi connectivity index (χ4n) is 2.25. The lowest BCUT2D eigenvalue weighted by Crippen LogP contribution is -2.48. The first kappa shape index (κ1) is 13.9. The van der Waals surface area contributed by atoms with Crippen LogP contribution in [0.25, 0.3) is 0 Å². The molecule has 0 radical (unpaired) electrons. The van der Waals surface area contributed by atoms with Crippen LogP contribution < -0.4 is 4.72 Å². The smallest absolute Gasteiger partial charge is 0.243 e. The zero-order valence-corrected chi connectivity index (χ0v) is 11.1. The van der Waals surface area contributed by atoms with Gasteiger partial charge in [0.2, 0.25) is 10.0 Å². The van der Waals surface area contributed by atoms with Crippen molar-refractivity contribution in [3.05, 3.63) is 24.3 Å². The van der Waals surface area contributed by atoms with Crippen LogP contribution in [0, 0.1) is 17.1 Å². The zero-order chi connectivity index (χ0) is 13.9. The summed E-state index contributed by atoms with van der Waals surface area (Å²) in [5.74, 6) is -0.725. The van der Waals surface area contributed by atoms with Gasteiger partial charge in [-0.1, -0.05) is 19.3 Å². The normalized spacial score (nSPS) is 18.7. The van der Waals surface area contributed by atoms with Gasteiger partial charge in [-0.2, -0.15) is 9.98 Å². The molecule has 102 valence electrons. The fraction of sp³-hybridized carbons (Fsp3) is 0.500. The predicted octanol–water partition coefficient (Wildman–Crippen LogP) is 1.73. The largest absolute Gasteiger partial charge is 0.260 e. The number of halogens is 1. The van der Waals surface area contributed by atoms with Crippen molar-refractivity contribution in [2.24, 2.45) is 0 Å². The Kier molecular flexibility index (Phi) is 3.83. The van der Waals surface area contributed by atoms with Gasteiger partial charge in [0.05, 0.1) is 12.3 Å². The van der Waals surface area contributed by atoms with Crippen LogP contribution in [0.5, 0.6) is 0 Å². The van der Waals surface area contributed by atoms with Gasteiger partial charge in [-0.3, -0.25) is 4.98 Å². The first-order chi connectivity index (χ1) is 8.97. The Morgan fingerprint density at radius 1 is 1.32 bits per heavy atom. The molecule has 0 saturated heterocycles. The second-order valence-corrected chi connectivity index (χ2v) is 6.38. The summed E-state index contributed by atoms with van der Waals surface area (Å²) < 4.78 is 39.7. The summed E-state index contributed by atoms with van der Waals surface area (Å²) in [4.78, 5) is 3.26. The van der Waals surface area contributed by atoms with Crippen LogP contribution in [0.4, 0.5) is 4.39 Å². The number of hydrogen-bond donors (Lipinski definition) is 1. The molecule has 1 heterocycles. The van der Waals surface area contributed by atoms with Crippen LogP contribution in [-0.4, -0.2) is 18.9 Å². The van der Waals surface area contributed by atoms with E-state index in [1.165, 1.54) is 0 Å². The van der Waals surface area contributed by atoms with Crippen molar-refractivity contribution < 1.29 is 12.8 Å². The highest BCUT2D eigenvalue weighted by molar-refractivity contribution is 7.89. The summed E-state index contributed by atoms with van der Waals surface area (Å²) in [6.45, 7) is 0. The molecule has 2 rings (SSSR count). The highest BCUT2D eigenvalue weighted by Gasteiger charge is 2.36. The van der Waals surface area contributed by atoms with E-state index >= 15 is 0 Å². The van der Waals surface area contributed by atoms with Crippen molar-refractivity contribution >= 4 is 10.0 Å². The molecule has 1 fully saturated rings. The molecule has 1 saturated carbocycles. The SMILES string of the molecule is N#CC1(NS(=O)(=O)c2cncc(F)c2)CCCCC1. The first-order valence-corrected chi connectivity index (χ1v) is 7.52. The Balaban J connectivity index is 2.28. The molecule has 0 bridgehead atoms. The molecule has 7 heteroatoms. The van der Waals surface area contributed by atoms with Crippen LogP contribution in [0.2, 0.25) is 0 Å². The number of aromatic nitrogens is 1. The van der Waals surface area contributed by atoms with Crippen molar-refractivity contribution in [3.8, 4) is 6.07 Å². The lowest BCUT2D eigenvalue weighted by Gasteiger charge is -2.31. The second kappa shape index (κ2) is 5.23. The van der Waals surface area contributed by atoms with Gasteiger partial charge < -0.3 is 0 Å². The number of pyridine rings is 1. The van der Waals surface area contributed by atoms with Gasteiger partial charge in [-0.25, -0.2) is 12.8 Å². The number of sulfonamides is 1. The average molecular weight is 283 g/mol. The number of nitrogens with zero attached hydrogens (tertiary/aromatic N) is 2. The Hall–Kier alpha value is -1.52. The summed E-state index contributed by atoms with van der Waals surface area (Å²) in [6.07, 6.45) is 5.55. The summed E-state index contributed by atoms with van der Waals surface area (Å²) in [5.41, 5.74) is -1.08. The number of rotatable bonds is 3. The minimum atomic E-state index is -3.93. The van der Waals surface area contributed by atoms with Gasteiger partial charge in [-0.15, -0.1) is 0 Å². The minimum Gasteiger partial charge on any atom is -0.260 e. The fourth-order valence-corrected chi connectivity index (χ4v) is 3.60. The van der Waals surface area contributed by atoms with E-state index in [2.05, 4.69) is 15.8 Å². The molecular weight excluding hydrogens is 269 g/mol. The number of nitriles is 1. The van der Waals surface area contributed by atoms with Crippen molar-refractivity contribution in [2.75, 3.05) is 0 Å². The molecule has 1 aliphatic rings. The van der Waals surface area contributed by atoms with E-state index in [0.717, 1.165) is 37.7 Å². The van der Waals surface area contributed by atoms with Gasteiger partial charge in [0.1, 0.15) is 16.3 Å². The van der Waals surface area contributed by atoms with Crippen LogP contribution in [0.15, 0.2) is 23.4 Å². The topological polar surface area (TPSA) is 82.9 Å². The van der Waals surface area contributed by atoms with E-state index in [1.807, 2.05) is 0 Å². The molecule has 5 nitrogen and oxygen atoms in total. The number of hydrogen-bond acceptors (Lipinski definition) is 4. The maximum Gasteiger partial charge on any atom is 0.243 e. The predicted molar refractivity (Wildman–Crippen MR) is 65.9 cm³/mol. The molecular formula is C12H14FN3O2S. The third kappa shape index (κ3) is 3.08. The van der Waals surface area contributed by atoms with Crippen molar-refractivity contribution in [1.29, 1.82) is 5.26 Å². The van der Waals surface area contributed by atoms with E-state index in [9.17, 15) is 18.1 Å². The van der Waals surface area contributed by atoms with Gasteiger partial charge in [0.15, 0.2) is 0 Å². The molecule has 0 amide bonds. The van der Waals surface area contributed by atoms with E-state index in [4.69, 9.17) is 0 Å². The summed E-state index contributed by atoms with van der Waals surface area (Å²) in [7, 11) is -3.93. The Bertz CT molecular complexity index is 604. The first-order valence-electron chi connectivity index (χ1n) is 6.03. The molecule has 0 atom stereocenters. The van der Waals surface area contributed by atoms with E-state index in [1.54, 1.807) is 0 Å². The van der Waals surface area contributed by atoms with Crippen LogP contribution in [-0.2, 0) is 10.0 Å². The second-order valence-electron chi connectivity index (χ2n) is 4.70. The van der Waals surface area contributed by atoms with Crippen molar-refractivity contribution in [2.45, 2.75) is 42.5 Å². The molecule has 1 aromatic rings. The standard InChI is InChI=1S/C12H14FN3O2S/c13-10-6-11(8-15-7-10)19(17,18)16-12(9-14)4-2-1-3-5-12/h6-8,16H,1-5H2. The van der Waals surface area contributed by atoms with E-state index in [0.29, 0.717) is 12.8 Å². The van der Waals surface area contributed by atoms with Crippen LogP contribution in [0.3, 0.4) is 0 Å². The molecule has 0 aliphatic heterocycles. The molecule has 0 unspecified atom stereocenters. The van der Waals surface area contributed by atoms with Gasteiger partial charge in [0.25, 0.3) is 0 Å².